The second kappa shape index (κ2) is 7.21. The van der Waals surface area contributed by atoms with Crippen LogP contribution in [0.4, 0.5) is 0 Å². The number of nitrogens with zero attached hydrogens (tertiary/aromatic N) is 2. The highest BCUT2D eigenvalue weighted by Gasteiger charge is 2.11. The molecule has 2 aromatic heterocycles. The fourth-order valence-corrected chi connectivity index (χ4v) is 4.12. The molecule has 0 saturated heterocycles. The highest BCUT2D eigenvalue weighted by atomic mass is 15.0. The summed E-state index contributed by atoms with van der Waals surface area (Å²) in [7, 11) is 0. The molecule has 3 aromatic carbocycles. The zero-order valence-electron chi connectivity index (χ0n) is 16.8. The summed E-state index contributed by atoms with van der Waals surface area (Å²) in [5, 5.41) is 2.58. The van der Waals surface area contributed by atoms with Gasteiger partial charge in [0.1, 0.15) is 0 Å². The van der Waals surface area contributed by atoms with Crippen molar-refractivity contribution in [3.8, 4) is 16.8 Å². The molecule has 1 unspecified atom stereocenters. The van der Waals surface area contributed by atoms with Crippen LogP contribution in [0.5, 0.6) is 0 Å². The molecule has 0 radical (unpaired) electrons. The number of fused-ring (bicyclic) bond motifs is 3. The predicted octanol–water partition coefficient (Wildman–Crippen LogP) is 7.36. The summed E-state index contributed by atoms with van der Waals surface area (Å²) >= 11 is 0. The molecular weight excluding hydrogens is 352 g/mol. The number of hydrogen-bond acceptors (Lipinski definition) is 1. The van der Waals surface area contributed by atoms with Crippen LogP contribution < -0.4 is 0 Å². The highest BCUT2D eigenvalue weighted by molar-refractivity contribution is 6.09. The summed E-state index contributed by atoms with van der Waals surface area (Å²) < 4.78 is 2.35. The average molecular weight is 377 g/mol. The van der Waals surface area contributed by atoms with Crippen LogP contribution in [0.15, 0.2) is 91.3 Å². The Bertz CT molecular complexity index is 1240. The lowest BCUT2D eigenvalue weighted by Crippen LogP contribution is -1.95. The third-order valence-corrected chi connectivity index (χ3v) is 5.98. The zero-order chi connectivity index (χ0) is 19.8. The van der Waals surface area contributed by atoms with Crippen molar-refractivity contribution in [2.75, 3.05) is 0 Å². The lowest BCUT2D eigenvalue weighted by Gasteiger charge is -2.12. The normalized spacial score (nSPS) is 12.5. The molecule has 0 N–H and O–H groups in total. The molecule has 0 aliphatic heterocycles. The average Bonchev–Trinajstić information content (AvgIpc) is 3.13. The first-order valence-corrected chi connectivity index (χ1v) is 10.3. The van der Waals surface area contributed by atoms with Crippen molar-refractivity contribution < 1.29 is 0 Å². The van der Waals surface area contributed by atoms with Crippen LogP contribution >= 0.6 is 0 Å². The molecule has 142 valence electrons. The van der Waals surface area contributed by atoms with Crippen LogP contribution in [0.25, 0.3) is 38.6 Å². The minimum absolute atomic E-state index is 0.527. The molecule has 2 heteroatoms. The van der Waals surface area contributed by atoms with Gasteiger partial charge >= 0.3 is 0 Å². The molecule has 2 nitrogen and oxygen atoms in total. The van der Waals surface area contributed by atoms with E-state index >= 15 is 0 Å². The highest BCUT2D eigenvalue weighted by Crippen LogP contribution is 2.32. The van der Waals surface area contributed by atoms with Crippen molar-refractivity contribution in [3.05, 3.63) is 96.8 Å². The van der Waals surface area contributed by atoms with Gasteiger partial charge in [-0.1, -0.05) is 62.4 Å². The van der Waals surface area contributed by atoms with Crippen molar-refractivity contribution in [3.63, 3.8) is 0 Å². The third-order valence-electron chi connectivity index (χ3n) is 5.98. The van der Waals surface area contributed by atoms with Crippen LogP contribution in [0.3, 0.4) is 0 Å². The number of para-hydroxylation sites is 2. The van der Waals surface area contributed by atoms with E-state index in [1.807, 2.05) is 12.4 Å². The van der Waals surface area contributed by atoms with Crippen molar-refractivity contribution >= 4 is 21.8 Å². The molecule has 1 atom stereocenters. The zero-order valence-corrected chi connectivity index (χ0v) is 16.8. The molecule has 5 rings (SSSR count). The molecule has 2 heterocycles. The van der Waals surface area contributed by atoms with Crippen LogP contribution in [0.2, 0.25) is 0 Å². The van der Waals surface area contributed by atoms with Gasteiger partial charge in [0.15, 0.2) is 0 Å². The molecule has 0 saturated carbocycles. The van der Waals surface area contributed by atoms with Gasteiger partial charge in [-0.05, 0) is 53.8 Å². The SMILES string of the molecule is CCC(C)c1cncc(-c2ccc(-n3c4ccccc4c4ccccc43)cc2)c1. The molecule has 0 amide bonds. The monoisotopic (exact) mass is 376 g/mol. The van der Waals surface area contributed by atoms with Gasteiger partial charge in [-0.25, -0.2) is 0 Å². The summed E-state index contributed by atoms with van der Waals surface area (Å²) in [6.45, 7) is 4.48. The molecule has 5 aromatic rings. The van der Waals surface area contributed by atoms with Crippen molar-refractivity contribution in [2.45, 2.75) is 26.2 Å². The second-order valence-corrected chi connectivity index (χ2v) is 7.73. The second-order valence-electron chi connectivity index (χ2n) is 7.73. The van der Waals surface area contributed by atoms with Gasteiger partial charge in [0.05, 0.1) is 11.0 Å². The Kier molecular flexibility index (Phi) is 4.40. The maximum absolute atomic E-state index is 4.48. The Morgan fingerprint density at radius 2 is 1.38 bits per heavy atom. The number of hydrogen-bond donors (Lipinski definition) is 0. The van der Waals surface area contributed by atoms with Crippen molar-refractivity contribution in [2.24, 2.45) is 0 Å². The third kappa shape index (κ3) is 3.01. The molecule has 0 spiro atoms. The van der Waals surface area contributed by atoms with Crippen LogP contribution in [0.1, 0.15) is 31.7 Å². The number of aromatic nitrogens is 2. The Morgan fingerprint density at radius 1 is 0.759 bits per heavy atom. The van der Waals surface area contributed by atoms with Gasteiger partial charge in [-0.3, -0.25) is 4.98 Å². The number of rotatable bonds is 4. The van der Waals surface area contributed by atoms with E-state index in [-0.39, 0.29) is 0 Å². The van der Waals surface area contributed by atoms with Gasteiger partial charge in [0.2, 0.25) is 0 Å². The minimum atomic E-state index is 0.527. The Hall–Kier alpha value is -3.39. The number of benzene rings is 3. The van der Waals surface area contributed by atoms with Crippen LogP contribution in [-0.4, -0.2) is 9.55 Å². The fourth-order valence-electron chi connectivity index (χ4n) is 4.12. The summed E-state index contributed by atoms with van der Waals surface area (Å²) in [5.74, 6) is 0.527. The van der Waals surface area contributed by atoms with E-state index in [0.717, 1.165) is 6.42 Å². The molecule has 29 heavy (non-hydrogen) atoms. The van der Waals surface area contributed by atoms with E-state index in [2.05, 4.69) is 102 Å². The number of pyridine rings is 1. The van der Waals surface area contributed by atoms with Gasteiger partial charge < -0.3 is 4.57 Å². The standard InChI is InChI=1S/C27H24N2/c1-3-19(2)21-16-22(18-28-17-21)20-12-14-23(15-13-20)29-26-10-6-4-8-24(26)25-9-5-7-11-27(25)29/h4-19H,3H2,1-2H3. The first-order chi connectivity index (χ1) is 14.3. The molecule has 0 fully saturated rings. The quantitative estimate of drug-likeness (QED) is 0.320. The first-order valence-electron chi connectivity index (χ1n) is 10.3. The molecule has 0 aliphatic carbocycles. The van der Waals surface area contributed by atoms with E-state index in [9.17, 15) is 0 Å². The lowest BCUT2D eigenvalue weighted by molar-refractivity contribution is 0.730. The van der Waals surface area contributed by atoms with Gasteiger partial charge in [0.25, 0.3) is 0 Å². The molecular formula is C27H24N2. The summed E-state index contributed by atoms with van der Waals surface area (Å²) in [6.07, 6.45) is 5.07. The van der Waals surface area contributed by atoms with E-state index in [0.29, 0.717) is 5.92 Å². The van der Waals surface area contributed by atoms with Gasteiger partial charge in [0, 0.05) is 34.4 Å². The van der Waals surface area contributed by atoms with E-state index in [1.54, 1.807) is 0 Å². The lowest BCUT2D eigenvalue weighted by atomic mass is 9.97. The van der Waals surface area contributed by atoms with Crippen LogP contribution in [-0.2, 0) is 0 Å². The topological polar surface area (TPSA) is 17.8 Å². The Labute approximate surface area is 171 Å². The maximum atomic E-state index is 4.48. The van der Waals surface area contributed by atoms with E-state index in [4.69, 9.17) is 0 Å². The molecule has 0 bridgehead atoms. The Balaban J connectivity index is 1.61. The summed E-state index contributed by atoms with van der Waals surface area (Å²) in [5.41, 5.74) is 7.33. The van der Waals surface area contributed by atoms with E-state index < -0.39 is 0 Å². The van der Waals surface area contributed by atoms with Crippen LogP contribution in [0, 0.1) is 0 Å². The fraction of sp³-hybridized carbons (Fsp3) is 0.148. The van der Waals surface area contributed by atoms with Gasteiger partial charge in [-0.15, -0.1) is 0 Å². The maximum Gasteiger partial charge on any atom is 0.0541 e. The van der Waals surface area contributed by atoms with Crippen molar-refractivity contribution in [1.29, 1.82) is 0 Å². The largest absolute Gasteiger partial charge is 0.309 e. The summed E-state index contributed by atoms with van der Waals surface area (Å²) in [6, 6.07) is 28.3. The first kappa shape index (κ1) is 17.7. The summed E-state index contributed by atoms with van der Waals surface area (Å²) in [4.78, 5) is 4.48. The predicted molar refractivity (Wildman–Crippen MR) is 123 cm³/mol. The molecule has 0 aliphatic rings. The Morgan fingerprint density at radius 3 is 2.00 bits per heavy atom. The smallest absolute Gasteiger partial charge is 0.0541 e. The van der Waals surface area contributed by atoms with Gasteiger partial charge in [-0.2, -0.15) is 0 Å². The van der Waals surface area contributed by atoms with E-state index in [1.165, 1.54) is 44.2 Å². The minimum Gasteiger partial charge on any atom is -0.309 e. The van der Waals surface area contributed by atoms with Crippen molar-refractivity contribution in [1.82, 2.24) is 9.55 Å².